The summed E-state index contributed by atoms with van der Waals surface area (Å²) in [5, 5.41) is 9.49. The number of carboxylic acid groups (broad SMARTS) is 1. The minimum Gasteiger partial charge on any atom is -0.489 e. The molecule has 1 saturated carbocycles. The number of halogens is 2. The van der Waals surface area contributed by atoms with Crippen molar-refractivity contribution >= 4 is 17.6 Å². The molecule has 0 saturated heterocycles. The molecule has 2 aromatic carbocycles. The predicted octanol–water partition coefficient (Wildman–Crippen LogP) is 5.35. The molecule has 1 aliphatic heterocycles. The molecular formula is C22H22ClFO4. The van der Waals surface area contributed by atoms with Crippen molar-refractivity contribution in [3.8, 4) is 11.5 Å². The Hall–Kier alpha value is -2.27. The number of rotatable bonds is 6. The standard InChI is InChI=1S/C22H22ClFO4/c1-22(2)10-13-5-15(23)6-14(21(13)28-22)11-27-16-3-4-17(19(24)9-16)18-7-12(18)8-20(25)26/h3-6,9,12,18H,7-8,10-11H2,1-2H3,(H,25,26). The molecule has 2 atom stereocenters. The second-order valence-electron chi connectivity index (χ2n) is 8.26. The van der Waals surface area contributed by atoms with E-state index in [1.807, 2.05) is 26.0 Å². The summed E-state index contributed by atoms with van der Waals surface area (Å²) in [7, 11) is 0. The summed E-state index contributed by atoms with van der Waals surface area (Å²) in [6, 6.07) is 8.50. The molecule has 0 amide bonds. The fraction of sp³-hybridized carbons (Fsp3) is 0.409. The van der Waals surface area contributed by atoms with E-state index in [1.54, 1.807) is 12.1 Å². The van der Waals surface area contributed by atoms with Crippen LogP contribution in [0.4, 0.5) is 4.39 Å². The van der Waals surface area contributed by atoms with Crippen LogP contribution < -0.4 is 9.47 Å². The van der Waals surface area contributed by atoms with Gasteiger partial charge in [-0.2, -0.15) is 0 Å². The lowest BCUT2D eigenvalue weighted by atomic mass is 10.0. The van der Waals surface area contributed by atoms with E-state index >= 15 is 0 Å². The summed E-state index contributed by atoms with van der Waals surface area (Å²) in [5.41, 5.74) is 2.16. The number of aliphatic carboxylic acids is 1. The van der Waals surface area contributed by atoms with Crippen LogP contribution >= 0.6 is 11.6 Å². The molecule has 1 N–H and O–H groups in total. The molecule has 0 radical (unpaired) electrons. The van der Waals surface area contributed by atoms with Crippen molar-refractivity contribution in [1.82, 2.24) is 0 Å². The minimum atomic E-state index is -0.840. The number of carbonyl (C=O) groups is 1. The Balaban J connectivity index is 1.46. The van der Waals surface area contributed by atoms with E-state index in [-0.39, 0.29) is 36.3 Å². The Kier molecular flexibility index (Phi) is 4.74. The molecule has 148 valence electrons. The van der Waals surface area contributed by atoms with Gasteiger partial charge in [0.05, 0.1) is 0 Å². The van der Waals surface area contributed by atoms with Gasteiger partial charge in [-0.1, -0.05) is 17.7 Å². The molecule has 0 spiro atoms. The van der Waals surface area contributed by atoms with Crippen molar-refractivity contribution in [3.05, 3.63) is 57.9 Å². The highest BCUT2D eigenvalue weighted by molar-refractivity contribution is 6.30. The van der Waals surface area contributed by atoms with Gasteiger partial charge < -0.3 is 14.6 Å². The van der Waals surface area contributed by atoms with Gasteiger partial charge in [0.2, 0.25) is 0 Å². The van der Waals surface area contributed by atoms with Crippen molar-refractivity contribution in [2.45, 2.75) is 51.2 Å². The van der Waals surface area contributed by atoms with Gasteiger partial charge in [0.25, 0.3) is 0 Å². The smallest absolute Gasteiger partial charge is 0.303 e. The van der Waals surface area contributed by atoms with Crippen LogP contribution in [0.2, 0.25) is 5.02 Å². The topological polar surface area (TPSA) is 55.8 Å². The van der Waals surface area contributed by atoms with Gasteiger partial charge in [-0.25, -0.2) is 4.39 Å². The summed E-state index contributed by atoms with van der Waals surface area (Å²) in [5.74, 6) is 0.0189. The fourth-order valence-electron chi connectivity index (χ4n) is 3.99. The third kappa shape index (κ3) is 3.95. The van der Waals surface area contributed by atoms with Gasteiger partial charge in [-0.3, -0.25) is 4.79 Å². The molecule has 1 heterocycles. The van der Waals surface area contributed by atoms with Gasteiger partial charge >= 0.3 is 5.97 Å². The zero-order chi connectivity index (χ0) is 20.1. The van der Waals surface area contributed by atoms with Crippen LogP contribution in [-0.2, 0) is 17.8 Å². The van der Waals surface area contributed by atoms with E-state index in [2.05, 4.69) is 0 Å². The maximum atomic E-state index is 14.5. The quantitative estimate of drug-likeness (QED) is 0.705. The van der Waals surface area contributed by atoms with Crippen LogP contribution in [-0.4, -0.2) is 16.7 Å². The van der Waals surface area contributed by atoms with E-state index < -0.39 is 5.97 Å². The van der Waals surface area contributed by atoms with Crippen LogP contribution in [0.15, 0.2) is 30.3 Å². The van der Waals surface area contributed by atoms with Crippen molar-refractivity contribution in [3.63, 3.8) is 0 Å². The Bertz CT molecular complexity index is 940. The average molecular weight is 405 g/mol. The van der Waals surface area contributed by atoms with Gasteiger partial charge in [0.15, 0.2) is 0 Å². The molecular weight excluding hydrogens is 383 g/mol. The first kappa shape index (κ1) is 19.1. The highest BCUT2D eigenvalue weighted by atomic mass is 35.5. The second kappa shape index (κ2) is 6.96. The molecule has 28 heavy (non-hydrogen) atoms. The third-order valence-corrected chi connectivity index (χ3v) is 5.55. The summed E-state index contributed by atoms with van der Waals surface area (Å²) in [6.07, 6.45) is 1.57. The lowest BCUT2D eigenvalue weighted by Crippen LogP contribution is -2.25. The average Bonchev–Trinajstić information content (AvgIpc) is 3.24. The SMILES string of the molecule is CC1(C)Cc2cc(Cl)cc(COc3ccc(C4CC4CC(=O)O)c(F)c3)c2O1. The molecule has 2 unspecified atom stereocenters. The first-order valence-electron chi connectivity index (χ1n) is 9.36. The van der Waals surface area contributed by atoms with E-state index in [9.17, 15) is 9.18 Å². The van der Waals surface area contributed by atoms with E-state index in [0.717, 1.165) is 23.3 Å². The minimum absolute atomic E-state index is 0.0167. The Morgan fingerprint density at radius 3 is 2.86 bits per heavy atom. The first-order valence-corrected chi connectivity index (χ1v) is 9.74. The second-order valence-corrected chi connectivity index (χ2v) is 8.70. The molecule has 1 aliphatic carbocycles. The van der Waals surface area contributed by atoms with E-state index in [1.165, 1.54) is 6.07 Å². The van der Waals surface area contributed by atoms with E-state index in [0.29, 0.717) is 22.8 Å². The Morgan fingerprint density at radius 1 is 1.36 bits per heavy atom. The molecule has 0 bridgehead atoms. The number of hydrogen-bond donors (Lipinski definition) is 1. The lowest BCUT2D eigenvalue weighted by Gasteiger charge is -2.18. The fourth-order valence-corrected chi connectivity index (χ4v) is 4.25. The summed E-state index contributed by atoms with van der Waals surface area (Å²) >= 11 is 6.23. The lowest BCUT2D eigenvalue weighted by molar-refractivity contribution is -0.137. The van der Waals surface area contributed by atoms with Crippen molar-refractivity contribution in [2.24, 2.45) is 5.92 Å². The number of fused-ring (bicyclic) bond motifs is 1. The largest absolute Gasteiger partial charge is 0.489 e. The van der Waals surface area contributed by atoms with Crippen LogP contribution in [0.25, 0.3) is 0 Å². The highest BCUT2D eigenvalue weighted by Gasteiger charge is 2.41. The van der Waals surface area contributed by atoms with Crippen LogP contribution in [0, 0.1) is 11.7 Å². The molecule has 1 fully saturated rings. The van der Waals surface area contributed by atoms with Crippen molar-refractivity contribution in [2.75, 3.05) is 0 Å². The van der Waals surface area contributed by atoms with Gasteiger partial charge in [-0.05, 0) is 61.4 Å². The zero-order valence-electron chi connectivity index (χ0n) is 15.8. The summed E-state index contributed by atoms with van der Waals surface area (Å²) in [6.45, 7) is 4.27. The molecule has 2 aromatic rings. The number of benzene rings is 2. The number of ether oxygens (including phenoxy) is 2. The highest BCUT2D eigenvalue weighted by Crippen LogP contribution is 2.50. The third-order valence-electron chi connectivity index (χ3n) is 5.33. The Morgan fingerprint density at radius 2 is 2.14 bits per heavy atom. The first-order chi connectivity index (χ1) is 13.2. The maximum absolute atomic E-state index is 14.5. The van der Waals surface area contributed by atoms with Gasteiger partial charge in [0.1, 0.15) is 29.5 Å². The molecule has 6 heteroatoms. The maximum Gasteiger partial charge on any atom is 0.303 e. The van der Waals surface area contributed by atoms with E-state index in [4.69, 9.17) is 26.2 Å². The van der Waals surface area contributed by atoms with Gasteiger partial charge in [-0.15, -0.1) is 0 Å². The van der Waals surface area contributed by atoms with Gasteiger partial charge in [0, 0.05) is 29.5 Å². The molecule has 2 aliphatic rings. The van der Waals surface area contributed by atoms with Crippen molar-refractivity contribution < 1.29 is 23.8 Å². The number of carboxylic acids is 1. The molecule has 4 rings (SSSR count). The van der Waals surface area contributed by atoms with Crippen LogP contribution in [0.5, 0.6) is 11.5 Å². The Labute approximate surface area is 168 Å². The monoisotopic (exact) mass is 404 g/mol. The summed E-state index contributed by atoms with van der Waals surface area (Å²) in [4.78, 5) is 10.8. The molecule has 0 aromatic heterocycles. The zero-order valence-corrected chi connectivity index (χ0v) is 16.6. The summed E-state index contributed by atoms with van der Waals surface area (Å²) < 4.78 is 26.3. The predicted molar refractivity (Wildman–Crippen MR) is 104 cm³/mol. The normalized spacial score (nSPS) is 21.7. The van der Waals surface area contributed by atoms with Crippen LogP contribution in [0.1, 0.15) is 49.3 Å². The molecule has 4 nitrogen and oxygen atoms in total. The van der Waals surface area contributed by atoms with Crippen molar-refractivity contribution in [1.29, 1.82) is 0 Å². The van der Waals surface area contributed by atoms with Crippen LogP contribution in [0.3, 0.4) is 0 Å². The number of hydrogen-bond acceptors (Lipinski definition) is 3.